The summed E-state index contributed by atoms with van der Waals surface area (Å²) < 4.78 is 22.0. The molecule has 1 aliphatic carbocycles. The molecule has 0 saturated heterocycles. The molecule has 14 heavy (non-hydrogen) atoms. The summed E-state index contributed by atoms with van der Waals surface area (Å²) in [5, 5.41) is 4.71. The van der Waals surface area contributed by atoms with Crippen molar-refractivity contribution in [1.82, 2.24) is 0 Å². The third kappa shape index (κ3) is 1.81. The predicted molar refractivity (Wildman–Crippen MR) is 55.4 cm³/mol. The monoisotopic (exact) mass is 211 g/mol. The lowest BCUT2D eigenvalue weighted by atomic mass is 10.1. The number of benzene rings is 1. The summed E-state index contributed by atoms with van der Waals surface area (Å²) in [6.45, 7) is 2.01. The van der Waals surface area contributed by atoms with Crippen molar-refractivity contribution in [2.45, 2.75) is 24.5 Å². The fourth-order valence-electron chi connectivity index (χ4n) is 1.70. The first-order chi connectivity index (χ1) is 6.48. The largest absolute Gasteiger partial charge is 0.228 e. The topological polar surface area (TPSA) is 60.2 Å². The summed E-state index contributed by atoms with van der Waals surface area (Å²) in [5.74, 6) is 0.116. The summed E-state index contributed by atoms with van der Waals surface area (Å²) in [7, 11) is -3.34. The molecule has 0 heterocycles. The molecule has 1 aliphatic rings. The maximum atomic E-state index is 11.0. The number of hydrogen-bond donors (Lipinski definition) is 1. The van der Waals surface area contributed by atoms with Gasteiger partial charge in [-0.2, -0.15) is 0 Å². The van der Waals surface area contributed by atoms with Gasteiger partial charge in [0.1, 0.15) is 0 Å². The van der Waals surface area contributed by atoms with Crippen LogP contribution in [-0.4, -0.2) is 13.7 Å². The first-order valence-corrected chi connectivity index (χ1v) is 6.17. The van der Waals surface area contributed by atoms with E-state index in [2.05, 4.69) is 0 Å². The summed E-state index contributed by atoms with van der Waals surface area (Å²) >= 11 is 0. The highest BCUT2D eigenvalue weighted by atomic mass is 32.2. The Balaban J connectivity index is 2.18. The molecule has 3 nitrogen and oxygen atoms in total. The van der Waals surface area contributed by atoms with Gasteiger partial charge in [0.25, 0.3) is 0 Å². The SMILES string of the molecule is Cc1ccc(C2CC2S(N)(=O)=O)cc1. The minimum atomic E-state index is -3.34. The minimum absolute atomic E-state index is 0.116. The fourth-order valence-corrected chi connectivity index (χ4v) is 2.79. The van der Waals surface area contributed by atoms with Crippen LogP contribution < -0.4 is 5.14 Å². The molecular formula is C10H13NO2S. The maximum absolute atomic E-state index is 11.0. The molecule has 1 aromatic rings. The molecule has 2 N–H and O–H groups in total. The Bertz CT molecular complexity index is 436. The van der Waals surface area contributed by atoms with Crippen LogP contribution in [0.25, 0.3) is 0 Å². The van der Waals surface area contributed by atoms with Crippen molar-refractivity contribution in [2.24, 2.45) is 5.14 Å². The van der Waals surface area contributed by atoms with Crippen LogP contribution in [0, 0.1) is 6.92 Å². The molecule has 1 saturated carbocycles. The molecule has 0 spiro atoms. The average Bonchev–Trinajstić information content (AvgIpc) is 2.83. The molecule has 4 heteroatoms. The van der Waals surface area contributed by atoms with Crippen molar-refractivity contribution in [2.75, 3.05) is 0 Å². The van der Waals surface area contributed by atoms with E-state index in [0.717, 1.165) is 5.56 Å². The number of sulfonamides is 1. The Kier molecular flexibility index (Phi) is 2.12. The van der Waals surface area contributed by atoms with Crippen molar-refractivity contribution < 1.29 is 8.42 Å². The van der Waals surface area contributed by atoms with E-state index in [1.165, 1.54) is 5.56 Å². The summed E-state index contributed by atoms with van der Waals surface area (Å²) in [4.78, 5) is 0. The van der Waals surface area contributed by atoms with Crippen molar-refractivity contribution >= 4 is 10.0 Å². The molecule has 0 aliphatic heterocycles. The second-order valence-electron chi connectivity index (χ2n) is 3.88. The van der Waals surface area contributed by atoms with Crippen molar-refractivity contribution in [3.8, 4) is 0 Å². The van der Waals surface area contributed by atoms with Gasteiger partial charge in [-0.25, -0.2) is 13.6 Å². The normalized spacial score (nSPS) is 26.1. The highest BCUT2D eigenvalue weighted by Crippen LogP contribution is 2.44. The van der Waals surface area contributed by atoms with E-state index in [0.29, 0.717) is 6.42 Å². The van der Waals surface area contributed by atoms with Gasteiger partial charge in [0.15, 0.2) is 0 Å². The molecule has 0 radical (unpaired) electrons. The van der Waals surface area contributed by atoms with E-state index < -0.39 is 10.0 Å². The molecule has 2 rings (SSSR count). The summed E-state index contributed by atoms with van der Waals surface area (Å²) in [6, 6.07) is 7.94. The summed E-state index contributed by atoms with van der Waals surface area (Å²) in [6.07, 6.45) is 0.669. The van der Waals surface area contributed by atoms with Crippen LogP contribution in [0.1, 0.15) is 23.5 Å². The zero-order chi connectivity index (χ0) is 10.3. The number of aryl methyl sites for hydroxylation is 1. The number of rotatable bonds is 2. The lowest BCUT2D eigenvalue weighted by molar-refractivity contribution is 0.595. The van der Waals surface area contributed by atoms with Crippen molar-refractivity contribution in [1.29, 1.82) is 0 Å². The Morgan fingerprint density at radius 2 is 1.86 bits per heavy atom. The van der Waals surface area contributed by atoms with Crippen LogP contribution >= 0.6 is 0 Å². The standard InChI is InChI=1S/C10H13NO2S/c1-7-2-4-8(5-3-7)9-6-10(9)14(11,12)13/h2-5,9-10H,6H2,1H3,(H2,11,12,13). The first kappa shape index (κ1) is 9.68. The number of primary sulfonamides is 1. The first-order valence-electron chi connectivity index (χ1n) is 4.56. The smallest absolute Gasteiger partial charge is 0.212 e. The maximum Gasteiger partial charge on any atom is 0.212 e. The molecule has 2 atom stereocenters. The summed E-state index contributed by atoms with van der Waals surface area (Å²) in [5.41, 5.74) is 2.26. The van der Waals surface area contributed by atoms with E-state index in [1.807, 2.05) is 31.2 Å². The minimum Gasteiger partial charge on any atom is -0.228 e. The Morgan fingerprint density at radius 1 is 1.29 bits per heavy atom. The zero-order valence-corrected chi connectivity index (χ0v) is 8.79. The highest BCUT2D eigenvalue weighted by Gasteiger charge is 2.46. The van der Waals surface area contributed by atoms with Crippen LogP contribution in [0.4, 0.5) is 0 Å². The van der Waals surface area contributed by atoms with Gasteiger partial charge in [-0.3, -0.25) is 0 Å². The third-order valence-electron chi connectivity index (χ3n) is 2.66. The molecule has 0 amide bonds. The van der Waals surface area contributed by atoms with Crippen LogP contribution in [-0.2, 0) is 10.0 Å². The van der Waals surface area contributed by atoms with Gasteiger partial charge < -0.3 is 0 Å². The van der Waals surface area contributed by atoms with E-state index in [1.54, 1.807) is 0 Å². The van der Waals surface area contributed by atoms with E-state index in [9.17, 15) is 8.42 Å². The van der Waals surface area contributed by atoms with Gasteiger partial charge in [-0.05, 0) is 18.9 Å². The van der Waals surface area contributed by atoms with Gasteiger partial charge in [0.2, 0.25) is 10.0 Å². The van der Waals surface area contributed by atoms with Crippen LogP contribution in [0.15, 0.2) is 24.3 Å². The molecule has 1 fully saturated rings. The third-order valence-corrected chi connectivity index (χ3v) is 4.02. The van der Waals surface area contributed by atoms with Gasteiger partial charge in [-0.15, -0.1) is 0 Å². The quantitative estimate of drug-likeness (QED) is 0.797. The molecule has 0 bridgehead atoms. The van der Waals surface area contributed by atoms with E-state index in [4.69, 9.17) is 5.14 Å². The second kappa shape index (κ2) is 3.07. The van der Waals surface area contributed by atoms with E-state index in [-0.39, 0.29) is 11.2 Å². The average molecular weight is 211 g/mol. The predicted octanol–water partition coefficient (Wildman–Crippen LogP) is 1.14. The van der Waals surface area contributed by atoms with Crippen molar-refractivity contribution in [3.63, 3.8) is 0 Å². The zero-order valence-electron chi connectivity index (χ0n) is 7.97. The number of hydrogen-bond acceptors (Lipinski definition) is 2. The second-order valence-corrected chi connectivity index (χ2v) is 5.66. The molecular weight excluding hydrogens is 198 g/mol. The fraction of sp³-hybridized carbons (Fsp3) is 0.400. The molecule has 1 aromatic carbocycles. The molecule has 2 unspecified atom stereocenters. The molecule has 0 aromatic heterocycles. The van der Waals surface area contributed by atoms with Gasteiger partial charge >= 0.3 is 0 Å². The van der Waals surface area contributed by atoms with Crippen molar-refractivity contribution in [3.05, 3.63) is 35.4 Å². The van der Waals surface area contributed by atoms with Crippen LogP contribution in [0.2, 0.25) is 0 Å². The van der Waals surface area contributed by atoms with Gasteiger partial charge in [0, 0.05) is 5.92 Å². The lowest BCUT2D eigenvalue weighted by Crippen LogP contribution is -2.18. The number of nitrogens with two attached hydrogens (primary N) is 1. The highest BCUT2D eigenvalue weighted by molar-refractivity contribution is 7.90. The molecule has 76 valence electrons. The Labute approximate surface area is 84.0 Å². The van der Waals surface area contributed by atoms with Gasteiger partial charge in [-0.1, -0.05) is 29.8 Å². The Morgan fingerprint density at radius 3 is 2.29 bits per heavy atom. The lowest BCUT2D eigenvalue weighted by Gasteiger charge is -1.99. The van der Waals surface area contributed by atoms with E-state index >= 15 is 0 Å². The van der Waals surface area contributed by atoms with Crippen LogP contribution in [0.5, 0.6) is 0 Å². The Hall–Kier alpha value is -0.870. The van der Waals surface area contributed by atoms with Crippen LogP contribution in [0.3, 0.4) is 0 Å². The van der Waals surface area contributed by atoms with Gasteiger partial charge in [0.05, 0.1) is 5.25 Å².